The van der Waals surface area contributed by atoms with Crippen molar-refractivity contribution in [3.8, 4) is 0 Å². The van der Waals surface area contributed by atoms with Crippen LogP contribution in [0.15, 0.2) is 12.2 Å². The van der Waals surface area contributed by atoms with E-state index in [0.29, 0.717) is 6.42 Å². The van der Waals surface area contributed by atoms with Crippen LogP contribution in [-0.2, 0) is 19.6 Å². The van der Waals surface area contributed by atoms with Crippen LogP contribution >= 0.6 is 0 Å². The van der Waals surface area contributed by atoms with Gasteiger partial charge in [-0.05, 0) is 23.5 Å². The summed E-state index contributed by atoms with van der Waals surface area (Å²) in [6, 6.07) is 0. The second kappa shape index (κ2) is 8.14. The van der Waals surface area contributed by atoms with Crippen molar-refractivity contribution in [3.05, 3.63) is 12.2 Å². The zero-order valence-electron chi connectivity index (χ0n) is 16.3. The summed E-state index contributed by atoms with van der Waals surface area (Å²) in [5, 5.41) is 0. The minimum absolute atomic E-state index is 0.0103. The fraction of sp³-hybridized carbons (Fsp3) is 0.824. The Morgan fingerprint density at radius 3 is 1.71 bits per heavy atom. The van der Waals surface area contributed by atoms with Crippen LogP contribution in [0.2, 0.25) is 16.6 Å². The number of esters is 1. The van der Waals surface area contributed by atoms with Gasteiger partial charge in [0.1, 0.15) is 8.07 Å². The van der Waals surface area contributed by atoms with E-state index in [1.807, 2.05) is 48.5 Å². The summed E-state index contributed by atoms with van der Waals surface area (Å²) in [7, 11) is -7.53. The maximum atomic E-state index is 12.6. The van der Waals surface area contributed by atoms with E-state index in [1.165, 1.54) is 6.92 Å². The van der Waals surface area contributed by atoms with Crippen LogP contribution in [0.4, 0.5) is 0 Å². The number of hydrogen-bond donors (Lipinski definition) is 1. The Morgan fingerprint density at radius 1 is 1.12 bits per heavy atom. The molecule has 0 spiro atoms. The van der Waals surface area contributed by atoms with Gasteiger partial charge in [0, 0.05) is 12.0 Å². The van der Waals surface area contributed by atoms with Crippen molar-refractivity contribution in [3.63, 3.8) is 0 Å². The van der Waals surface area contributed by atoms with E-state index in [2.05, 4.69) is 6.58 Å². The van der Waals surface area contributed by atoms with Crippen molar-refractivity contribution in [2.45, 2.75) is 89.4 Å². The molecular weight excluding hydrogens is 344 g/mol. The zero-order chi connectivity index (χ0) is 19.5. The highest BCUT2D eigenvalue weighted by Gasteiger charge is 2.67. The summed E-state index contributed by atoms with van der Waals surface area (Å²) in [6.45, 7) is 18.7. The van der Waals surface area contributed by atoms with Crippen LogP contribution in [0.5, 0.6) is 0 Å². The number of carbonyl (C=O) groups is 1. The van der Waals surface area contributed by atoms with Crippen molar-refractivity contribution in [2.75, 3.05) is 0 Å². The van der Waals surface area contributed by atoms with Crippen molar-refractivity contribution in [2.24, 2.45) is 0 Å². The Bertz CT molecular complexity index is 544. The molecule has 1 atom stereocenters. The average molecular weight is 379 g/mol. The predicted molar refractivity (Wildman–Crippen MR) is 101 cm³/mol. The minimum atomic E-state index is -4.63. The van der Waals surface area contributed by atoms with Crippen LogP contribution in [0.3, 0.4) is 0 Å². The molecule has 0 aliphatic carbocycles. The van der Waals surface area contributed by atoms with E-state index in [4.69, 9.17) is 4.74 Å². The molecule has 0 fully saturated rings. The van der Waals surface area contributed by atoms with Gasteiger partial charge in [0.2, 0.25) is 4.56 Å². The molecule has 0 saturated heterocycles. The van der Waals surface area contributed by atoms with Gasteiger partial charge in [-0.1, -0.05) is 61.5 Å². The molecule has 1 unspecified atom stereocenters. The number of carbonyl (C=O) groups excluding carboxylic acids is 1. The van der Waals surface area contributed by atoms with Crippen molar-refractivity contribution in [1.82, 2.24) is 0 Å². The topological polar surface area (TPSA) is 80.7 Å². The van der Waals surface area contributed by atoms with E-state index < -0.39 is 28.7 Å². The molecule has 0 bridgehead atoms. The molecule has 24 heavy (non-hydrogen) atoms. The first-order valence-electron chi connectivity index (χ1n) is 8.58. The lowest BCUT2D eigenvalue weighted by Crippen LogP contribution is -2.69. The molecule has 0 aliphatic rings. The Morgan fingerprint density at radius 2 is 1.50 bits per heavy atom. The van der Waals surface area contributed by atoms with Crippen LogP contribution in [0.1, 0.15) is 68.2 Å². The van der Waals surface area contributed by atoms with Crippen molar-refractivity contribution in [1.29, 1.82) is 0 Å². The normalized spacial score (nSPS) is 15.7. The highest BCUT2D eigenvalue weighted by Crippen LogP contribution is 2.53. The molecule has 0 rings (SSSR count). The zero-order valence-corrected chi connectivity index (χ0v) is 18.2. The molecule has 0 aromatic rings. The van der Waals surface area contributed by atoms with Gasteiger partial charge < -0.3 is 4.74 Å². The van der Waals surface area contributed by atoms with Crippen LogP contribution in [0.25, 0.3) is 0 Å². The summed E-state index contributed by atoms with van der Waals surface area (Å²) in [5.41, 5.74) is 0.0926. The van der Waals surface area contributed by atoms with Crippen molar-refractivity contribution >= 4 is 24.2 Å². The maximum Gasteiger partial charge on any atom is 0.334 e. The van der Waals surface area contributed by atoms with Gasteiger partial charge in [-0.25, -0.2) is 4.79 Å². The van der Waals surface area contributed by atoms with Gasteiger partial charge in [-0.2, -0.15) is 8.42 Å². The molecule has 0 amide bonds. The first-order chi connectivity index (χ1) is 10.7. The Kier molecular flexibility index (Phi) is 7.92. The summed E-state index contributed by atoms with van der Waals surface area (Å²) in [4.78, 5) is 12.3. The van der Waals surface area contributed by atoms with Crippen LogP contribution in [-0.4, -0.2) is 31.6 Å². The van der Waals surface area contributed by atoms with Crippen LogP contribution in [0, 0.1) is 0 Å². The predicted octanol–water partition coefficient (Wildman–Crippen LogP) is 4.71. The second-order valence-electron chi connectivity index (χ2n) is 7.54. The summed E-state index contributed by atoms with van der Waals surface area (Å²) < 4.78 is 39.3. The van der Waals surface area contributed by atoms with E-state index >= 15 is 0 Å². The SMILES string of the molecule is C=C(C)C(=O)OC(CCC)([Si](C(C)C)(C(C)C)C(C)C)S(=O)(=O)O. The molecular formula is C17H34O5SSi. The highest BCUT2D eigenvalue weighted by molar-refractivity contribution is 7.89. The average Bonchev–Trinajstić information content (AvgIpc) is 2.36. The lowest BCUT2D eigenvalue weighted by Gasteiger charge is -2.53. The molecule has 0 aliphatic heterocycles. The minimum Gasteiger partial charge on any atom is -0.441 e. The van der Waals surface area contributed by atoms with Gasteiger partial charge in [-0.15, -0.1) is 0 Å². The van der Waals surface area contributed by atoms with Gasteiger partial charge in [-0.3, -0.25) is 4.55 Å². The van der Waals surface area contributed by atoms with E-state index in [9.17, 15) is 17.8 Å². The fourth-order valence-corrected chi connectivity index (χ4v) is 16.8. The third kappa shape index (κ3) is 3.78. The first kappa shape index (κ1) is 23.3. The highest BCUT2D eigenvalue weighted by atomic mass is 32.2. The van der Waals surface area contributed by atoms with E-state index in [-0.39, 0.29) is 28.6 Å². The quantitative estimate of drug-likeness (QED) is 0.272. The van der Waals surface area contributed by atoms with Gasteiger partial charge in [0.15, 0.2) is 0 Å². The van der Waals surface area contributed by atoms with Gasteiger partial charge in [0.25, 0.3) is 0 Å². The second-order valence-corrected chi connectivity index (χ2v) is 15.7. The molecule has 7 heteroatoms. The summed E-state index contributed by atoms with van der Waals surface area (Å²) in [5.74, 6) is -0.764. The molecule has 0 aromatic carbocycles. The molecule has 142 valence electrons. The molecule has 5 nitrogen and oxygen atoms in total. The molecule has 0 radical (unpaired) electrons. The third-order valence-electron chi connectivity index (χ3n) is 5.13. The molecule has 0 aromatic heterocycles. The number of rotatable bonds is 9. The lowest BCUT2D eigenvalue weighted by molar-refractivity contribution is -0.144. The van der Waals surface area contributed by atoms with E-state index in [0.717, 1.165) is 0 Å². The summed E-state index contributed by atoms with van der Waals surface area (Å²) in [6.07, 6.45) is 0.565. The smallest absolute Gasteiger partial charge is 0.334 e. The fourth-order valence-electron chi connectivity index (χ4n) is 4.65. The molecule has 0 heterocycles. The van der Waals surface area contributed by atoms with E-state index in [1.54, 1.807) is 0 Å². The first-order valence-corrected chi connectivity index (χ1v) is 12.2. The summed E-state index contributed by atoms with van der Waals surface area (Å²) >= 11 is 0. The number of hydrogen-bond acceptors (Lipinski definition) is 4. The van der Waals surface area contributed by atoms with Crippen LogP contribution < -0.4 is 0 Å². The van der Waals surface area contributed by atoms with Gasteiger partial charge in [0.05, 0.1) is 0 Å². The molecule has 1 N–H and O–H groups in total. The largest absolute Gasteiger partial charge is 0.441 e. The Balaban J connectivity index is 6.96. The third-order valence-corrected chi connectivity index (χ3v) is 15.5. The van der Waals surface area contributed by atoms with Crippen molar-refractivity contribution < 1.29 is 22.5 Å². The van der Waals surface area contributed by atoms with Gasteiger partial charge >= 0.3 is 16.1 Å². The Hall–Kier alpha value is -0.663. The lowest BCUT2D eigenvalue weighted by atomic mass is 10.3. The number of ether oxygens (including phenoxy) is 1. The molecule has 0 saturated carbocycles. The standard InChI is InChI=1S/C17H34O5SSi/c1-10-11-17(23(19,20)21,22-16(18)12(2)3)24(13(4)5,14(6)7)15(8)9/h13-15H,2,10-11H2,1,3-9H3,(H,19,20,21). The maximum absolute atomic E-state index is 12.6. The Labute approximate surface area is 148 Å². The monoisotopic (exact) mass is 378 g/mol.